The summed E-state index contributed by atoms with van der Waals surface area (Å²) in [6.07, 6.45) is 9.35. The van der Waals surface area contributed by atoms with Crippen LogP contribution >= 0.6 is 11.6 Å². The Balaban J connectivity index is 1.81. The number of aryl methyl sites for hydroxylation is 1. The van der Waals surface area contributed by atoms with E-state index in [1.807, 2.05) is 31.2 Å². The molecular formula is C23H26ClF. The van der Waals surface area contributed by atoms with E-state index in [4.69, 9.17) is 11.6 Å². The van der Waals surface area contributed by atoms with Crippen molar-refractivity contribution in [1.82, 2.24) is 0 Å². The Bertz CT molecular complexity index is 758. The molecule has 0 radical (unpaired) electrons. The molecule has 2 heteroatoms. The van der Waals surface area contributed by atoms with Gasteiger partial charge in [0.05, 0.1) is 5.02 Å². The Kier molecular flexibility index (Phi) is 5.96. The number of allylic oxidation sites excluding steroid dienone is 2. The first-order valence-electron chi connectivity index (χ1n) is 9.40. The monoisotopic (exact) mass is 356 g/mol. The van der Waals surface area contributed by atoms with Crippen LogP contribution in [-0.4, -0.2) is 0 Å². The van der Waals surface area contributed by atoms with Gasteiger partial charge in [0, 0.05) is 5.56 Å². The average Bonchev–Trinajstić information content (AvgIpc) is 2.65. The van der Waals surface area contributed by atoms with Gasteiger partial charge in [-0.2, -0.15) is 0 Å². The van der Waals surface area contributed by atoms with Gasteiger partial charge < -0.3 is 0 Å². The highest BCUT2D eigenvalue weighted by Gasteiger charge is 2.16. The maximum Gasteiger partial charge on any atom is 0.149 e. The van der Waals surface area contributed by atoms with Gasteiger partial charge in [0.1, 0.15) is 5.82 Å². The van der Waals surface area contributed by atoms with Crippen LogP contribution in [0.3, 0.4) is 0 Å². The normalized spacial score (nSPS) is 17.4. The summed E-state index contributed by atoms with van der Waals surface area (Å²) in [4.78, 5) is 0. The van der Waals surface area contributed by atoms with E-state index in [1.165, 1.54) is 36.8 Å². The molecule has 0 fully saturated rings. The molecule has 0 aliphatic heterocycles. The van der Waals surface area contributed by atoms with Crippen LogP contribution in [0.15, 0.2) is 42.5 Å². The lowest BCUT2D eigenvalue weighted by atomic mass is 9.84. The summed E-state index contributed by atoms with van der Waals surface area (Å²) in [5.74, 6) is 0.536. The van der Waals surface area contributed by atoms with Crippen LogP contribution in [0.4, 0.5) is 4.39 Å². The lowest BCUT2D eigenvalue weighted by Gasteiger charge is -2.21. The molecule has 25 heavy (non-hydrogen) atoms. The number of rotatable bonds is 5. The van der Waals surface area contributed by atoms with Gasteiger partial charge in [-0.3, -0.25) is 0 Å². The summed E-state index contributed by atoms with van der Waals surface area (Å²) in [7, 11) is 0. The van der Waals surface area contributed by atoms with Gasteiger partial charge in [0.25, 0.3) is 0 Å². The van der Waals surface area contributed by atoms with E-state index in [-0.39, 0.29) is 10.8 Å². The predicted molar refractivity (Wildman–Crippen MR) is 106 cm³/mol. The van der Waals surface area contributed by atoms with Crippen molar-refractivity contribution >= 4 is 17.2 Å². The summed E-state index contributed by atoms with van der Waals surface area (Å²) >= 11 is 6.16. The van der Waals surface area contributed by atoms with E-state index >= 15 is 0 Å². The molecular weight excluding hydrogens is 331 g/mol. The Morgan fingerprint density at radius 2 is 1.76 bits per heavy atom. The molecule has 1 atom stereocenters. The van der Waals surface area contributed by atoms with Gasteiger partial charge in [-0.1, -0.05) is 80.8 Å². The molecule has 1 aliphatic carbocycles. The standard InChI is InChI=1S/C23H26ClF/c1-3-5-16-6-8-18(9-7-16)19-10-12-20(13-11-19)21-15-14-17(4-2)22(24)23(21)25/h8,10-16H,3-7,9H2,1-2H3. The molecule has 0 nitrogen and oxygen atoms in total. The van der Waals surface area contributed by atoms with Crippen LogP contribution in [0.5, 0.6) is 0 Å². The second-order valence-corrected chi connectivity index (χ2v) is 7.37. The fraction of sp³-hybridized carbons (Fsp3) is 0.391. The minimum Gasteiger partial charge on any atom is -0.205 e. The SMILES string of the molecule is CCCC1CC=C(c2ccc(-c3ccc(CC)c(Cl)c3F)cc2)CC1. The van der Waals surface area contributed by atoms with Gasteiger partial charge in [-0.15, -0.1) is 0 Å². The molecule has 3 rings (SSSR count). The zero-order valence-corrected chi connectivity index (χ0v) is 15.9. The number of hydrogen-bond donors (Lipinski definition) is 0. The Morgan fingerprint density at radius 1 is 1.04 bits per heavy atom. The minimum absolute atomic E-state index is 0.251. The largest absolute Gasteiger partial charge is 0.205 e. The maximum absolute atomic E-state index is 14.6. The van der Waals surface area contributed by atoms with E-state index in [0.29, 0.717) is 5.56 Å². The summed E-state index contributed by atoms with van der Waals surface area (Å²) in [5.41, 5.74) is 5.00. The van der Waals surface area contributed by atoms with Gasteiger partial charge in [-0.05, 0) is 53.9 Å². The van der Waals surface area contributed by atoms with Gasteiger partial charge in [0.2, 0.25) is 0 Å². The van der Waals surface area contributed by atoms with Gasteiger partial charge in [-0.25, -0.2) is 4.39 Å². The van der Waals surface area contributed by atoms with Crippen molar-refractivity contribution in [2.45, 2.75) is 52.4 Å². The minimum atomic E-state index is -0.312. The summed E-state index contributed by atoms with van der Waals surface area (Å²) in [5, 5.41) is 0.251. The van der Waals surface area contributed by atoms with Crippen LogP contribution in [0.1, 0.15) is 57.1 Å². The van der Waals surface area contributed by atoms with Gasteiger partial charge >= 0.3 is 0 Å². The second kappa shape index (κ2) is 8.19. The highest BCUT2D eigenvalue weighted by atomic mass is 35.5. The van der Waals surface area contributed by atoms with Crippen LogP contribution in [0, 0.1) is 11.7 Å². The maximum atomic E-state index is 14.6. The van der Waals surface area contributed by atoms with E-state index in [2.05, 4.69) is 25.1 Å². The lowest BCUT2D eigenvalue weighted by molar-refractivity contribution is 0.445. The molecule has 0 N–H and O–H groups in total. The molecule has 132 valence electrons. The third-order valence-electron chi connectivity index (χ3n) is 5.33. The van der Waals surface area contributed by atoms with Crippen LogP contribution in [-0.2, 0) is 6.42 Å². The third-order valence-corrected chi connectivity index (χ3v) is 5.73. The molecule has 0 saturated carbocycles. The smallest absolute Gasteiger partial charge is 0.149 e. The zero-order valence-electron chi connectivity index (χ0n) is 15.1. The Hall–Kier alpha value is -1.60. The highest BCUT2D eigenvalue weighted by molar-refractivity contribution is 6.31. The van der Waals surface area contributed by atoms with E-state index in [0.717, 1.165) is 29.9 Å². The molecule has 0 bridgehead atoms. The summed E-state index contributed by atoms with van der Waals surface area (Å²) in [6, 6.07) is 12.0. The summed E-state index contributed by atoms with van der Waals surface area (Å²) in [6.45, 7) is 4.24. The zero-order chi connectivity index (χ0) is 17.8. The predicted octanol–water partition coefficient (Wildman–Crippen LogP) is 7.69. The first-order valence-corrected chi connectivity index (χ1v) is 9.78. The van der Waals surface area contributed by atoms with Crippen molar-refractivity contribution < 1.29 is 4.39 Å². The molecule has 0 heterocycles. The van der Waals surface area contributed by atoms with Crippen molar-refractivity contribution in [2.75, 3.05) is 0 Å². The van der Waals surface area contributed by atoms with Crippen molar-refractivity contribution in [1.29, 1.82) is 0 Å². The van der Waals surface area contributed by atoms with E-state index in [1.54, 1.807) is 0 Å². The second-order valence-electron chi connectivity index (χ2n) is 6.99. The molecule has 2 aromatic carbocycles. The highest BCUT2D eigenvalue weighted by Crippen LogP contribution is 2.34. The molecule has 0 aromatic heterocycles. The van der Waals surface area contributed by atoms with Gasteiger partial charge in [0.15, 0.2) is 0 Å². The summed E-state index contributed by atoms with van der Waals surface area (Å²) < 4.78 is 14.6. The average molecular weight is 357 g/mol. The first kappa shape index (κ1) is 18.2. The van der Waals surface area contributed by atoms with Crippen LogP contribution in [0.2, 0.25) is 5.02 Å². The Morgan fingerprint density at radius 3 is 2.36 bits per heavy atom. The van der Waals surface area contributed by atoms with Crippen molar-refractivity contribution in [3.8, 4) is 11.1 Å². The molecule has 0 spiro atoms. The van der Waals surface area contributed by atoms with Crippen LogP contribution in [0.25, 0.3) is 16.7 Å². The quantitative estimate of drug-likeness (QED) is 0.515. The molecule has 0 amide bonds. The lowest BCUT2D eigenvalue weighted by Crippen LogP contribution is -2.05. The van der Waals surface area contributed by atoms with E-state index in [9.17, 15) is 4.39 Å². The fourth-order valence-electron chi connectivity index (χ4n) is 3.77. The van der Waals surface area contributed by atoms with Crippen LogP contribution < -0.4 is 0 Å². The number of halogens is 2. The topological polar surface area (TPSA) is 0 Å². The van der Waals surface area contributed by atoms with Crippen molar-refractivity contribution in [3.63, 3.8) is 0 Å². The first-order chi connectivity index (χ1) is 12.1. The van der Waals surface area contributed by atoms with Crippen molar-refractivity contribution in [3.05, 3.63) is 64.4 Å². The third kappa shape index (κ3) is 3.98. The fourth-order valence-corrected chi connectivity index (χ4v) is 4.07. The van der Waals surface area contributed by atoms with Crippen molar-refractivity contribution in [2.24, 2.45) is 5.92 Å². The van der Waals surface area contributed by atoms with E-state index < -0.39 is 0 Å². The number of benzene rings is 2. The molecule has 2 aromatic rings. The number of hydrogen-bond acceptors (Lipinski definition) is 0. The molecule has 1 unspecified atom stereocenters. The molecule has 0 saturated heterocycles. The molecule has 1 aliphatic rings. The Labute approximate surface area is 155 Å².